The summed E-state index contributed by atoms with van der Waals surface area (Å²) in [5.74, 6) is 0.194. The molecule has 0 spiro atoms. The molecule has 0 heterocycles. The van der Waals surface area contributed by atoms with Gasteiger partial charge >= 0.3 is 0 Å². The number of anilines is 1. The second-order valence-electron chi connectivity index (χ2n) is 5.28. The molecule has 3 rings (SSSR count). The summed E-state index contributed by atoms with van der Waals surface area (Å²) in [7, 11) is 0. The highest BCUT2D eigenvalue weighted by molar-refractivity contribution is 5.84. The Morgan fingerprint density at radius 3 is 2.41 bits per heavy atom. The van der Waals surface area contributed by atoms with E-state index in [1.807, 2.05) is 30.3 Å². The zero-order valence-electron chi connectivity index (χ0n) is 11.7. The molecule has 6 heteroatoms. The van der Waals surface area contributed by atoms with Crippen LogP contribution in [-0.4, -0.2) is 10.8 Å². The number of carbonyl (C=O) groups excluding carboxylic acids is 1. The van der Waals surface area contributed by atoms with Crippen LogP contribution in [0.3, 0.4) is 0 Å². The fourth-order valence-electron chi connectivity index (χ4n) is 2.45. The van der Waals surface area contributed by atoms with E-state index >= 15 is 0 Å². The van der Waals surface area contributed by atoms with Gasteiger partial charge in [0.25, 0.3) is 5.69 Å². The molecular weight excluding hydrogens is 282 g/mol. The Kier molecular flexibility index (Phi) is 3.74. The predicted octanol–water partition coefficient (Wildman–Crippen LogP) is 2.84. The van der Waals surface area contributed by atoms with Crippen molar-refractivity contribution in [1.82, 2.24) is 5.43 Å². The number of hydrogen-bond acceptors (Lipinski definition) is 4. The molecule has 1 fully saturated rings. The van der Waals surface area contributed by atoms with Crippen LogP contribution in [0.2, 0.25) is 0 Å². The van der Waals surface area contributed by atoms with Gasteiger partial charge in [-0.15, -0.1) is 0 Å². The van der Waals surface area contributed by atoms with Crippen LogP contribution < -0.4 is 10.9 Å². The van der Waals surface area contributed by atoms with Gasteiger partial charge in [-0.1, -0.05) is 30.3 Å². The van der Waals surface area contributed by atoms with Crippen LogP contribution >= 0.6 is 0 Å². The number of nitro groups is 1. The molecule has 2 aromatic carbocycles. The summed E-state index contributed by atoms with van der Waals surface area (Å²) in [5, 5.41) is 10.6. The van der Waals surface area contributed by atoms with Crippen molar-refractivity contribution in [2.75, 3.05) is 5.43 Å². The maximum absolute atomic E-state index is 12.1. The van der Waals surface area contributed by atoms with Crippen molar-refractivity contribution in [3.05, 3.63) is 70.3 Å². The molecule has 0 bridgehead atoms. The molecule has 1 aliphatic carbocycles. The maximum Gasteiger partial charge on any atom is 0.269 e. The normalized spacial score (nSPS) is 19.3. The van der Waals surface area contributed by atoms with Crippen molar-refractivity contribution >= 4 is 17.3 Å². The largest absolute Gasteiger partial charge is 0.299 e. The van der Waals surface area contributed by atoms with Crippen LogP contribution in [0, 0.1) is 16.0 Å². The molecule has 1 saturated carbocycles. The zero-order valence-corrected chi connectivity index (χ0v) is 11.7. The van der Waals surface area contributed by atoms with Gasteiger partial charge < -0.3 is 0 Å². The molecule has 2 atom stereocenters. The Bertz CT molecular complexity index is 686. The van der Waals surface area contributed by atoms with Crippen LogP contribution in [0.15, 0.2) is 54.6 Å². The molecular formula is C16H15N3O3. The first-order valence-electron chi connectivity index (χ1n) is 7.00. The van der Waals surface area contributed by atoms with Crippen molar-refractivity contribution in [3.63, 3.8) is 0 Å². The Labute approximate surface area is 127 Å². The highest BCUT2D eigenvalue weighted by Gasteiger charge is 2.43. The van der Waals surface area contributed by atoms with Crippen LogP contribution in [-0.2, 0) is 4.79 Å². The lowest BCUT2D eigenvalue weighted by Gasteiger charge is -2.08. The standard InChI is InChI=1S/C16H15N3O3/c20-16(15-10-14(15)11-4-2-1-3-5-11)18-17-12-6-8-13(9-7-12)19(21)22/h1-9,14-15,17H,10H2,(H,18,20)/t14-,15+/m1/s1. The van der Waals surface area contributed by atoms with E-state index in [0.29, 0.717) is 5.69 Å². The second-order valence-corrected chi connectivity index (χ2v) is 5.28. The quantitative estimate of drug-likeness (QED) is 0.656. The van der Waals surface area contributed by atoms with Crippen molar-refractivity contribution in [2.24, 2.45) is 5.92 Å². The molecule has 0 aliphatic heterocycles. The lowest BCUT2D eigenvalue weighted by molar-refractivity contribution is -0.384. The summed E-state index contributed by atoms with van der Waals surface area (Å²) < 4.78 is 0. The van der Waals surface area contributed by atoms with Gasteiger partial charge in [0.15, 0.2) is 0 Å². The van der Waals surface area contributed by atoms with Crippen molar-refractivity contribution in [2.45, 2.75) is 12.3 Å². The van der Waals surface area contributed by atoms with Gasteiger partial charge in [-0.25, -0.2) is 0 Å². The number of benzene rings is 2. The fraction of sp³-hybridized carbons (Fsp3) is 0.188. The van der Waals surface area contributed by atoms with E-state index in [1.54, 1.807) is 12.1 Å². The maximum atomic E-state index is 12.1. The third-order valence-electron chi connectivity index (χ3n) is 3.76. The minimum atomic E-state index is -0.461. The van der Waals surface area contributed by atoms with Gasteiger partial charge in [-0.05, 0) is 30.0 Å². The molecule has 22 heavy (non-hydrogen) atoms. The van der Waals surface area contributed by atoms with Crippen LogP contribution in [0.1, 0.15) is 17.9 Å². The van der Waals surface area contributed by atoms with Gasteiger partial charge in [0, 0.05) is 18.1 Å². The monoisotopic (exact) mass is 297 g/mol. The third kappa shape index (κ3) is 3.06. The lowest BCUT2D eigenvalue weighted by atomic mass is 10.1. The first-order chi connectivity index (χ1) is 10.6. The van der Waals surface area contributed by atoms with Gasteiger partial charge in [-0.2, -0.15) is 0 Å². The van der Waals surface area contributed by atoms with Crippen LogP contribution in [0.25, 0.3) is 0 Å². The highest BCUT2D eigenvalue weighted by atomic mass is 16.6. The van der Waals surface area contributed by atoms with Crippen LogP contribution in [0.4, 0.5) is 11.4 Å². The predicted molar refractivity (Wildman–Crippen MR) is 82.2 cm³/mol. The second kappa shape index (κ2) is 5.85. The van der Waals surface area contributed by atoms with E-state index in [1.165, 1.54) is 17.7 Å². The van der Waals surface area contributed by atoms with Gasteiger partial charge in [-0.3, -0.25) is 25.8 Å². The van der Waals surface area contributed by atoms with E-state index in [2.05, 4.69) is 10.9 Å². The molecule has 0 aromatic heterocycles. The third-order valence-corrected chi connectivity index (χ3v) is 3.76. The number of rotatable bonds is 5. The van der Waals surface area contributed by atoms with E-state index < -0.39 is 4.92 Å². The number of non-ortho nitro benzene ring substituents is 1. The van der Waals surface area contributed by atoms with Gasteiger partial charge in [0.2, 0.25) is 5.91 Å². The fourth-order valence-corrected chi connectivity index (χ4v) is 2.45. The number of hydrogen-bond donors (Lipinski definition) is 2. The first-order valence-corrected chi connectivity index (χ1v) is 7.00. The summed E-state index contributed by atoms with van der Waals surface area (Å²) in [6.07, 6.45) is 0.845. The number of amides is 1. The van der Waals surface area contributed by atoms with Crippen molar-refractivity contribution in [1.29, 1.82) is 0 Å². The first kappa shape index (κ1) is 14.1. The van der Waals surface area contributed by atoms with E-state index in [4.69, 9.17) is 0 Å². The molecule has 0 saturated heterocycles. The summed E-state index contributed by atoms with van der Waals surface area (Å²) in [6.45, 7) is 0. The van der Waals surface area contributed by atoms with E-state index in [9.17, 15) is 14.9 Å². The summed E-state index contributed by atoms with van der Waals surface area (Å²) in [6, 6.07) is 15.8. The SMILES string of the molecule is O=C(NNc1ccc([N+](=O)[O-])cc1)[C@H]1C[C@@H]1c1ccccc1. The number of nitro benzene ring substituents is 1. The Morgan fingerprint density at radius 1 is 1.09 bits per heavy atom. The molecule has 2 N–H and O–H groups in total. The highest BCUT2D eigenvalue weighted by Crippen LogP contribution is 2.47. The Balaban J connectivity index is 1.52. The molecule has 2 aromatic rings. The molecule has 1 amide bonds. The molecule has 6 nitrogen and oxygen atoms in total. The summed E-state index contributed by atoms with van der Waals surface area (Å²) in [5.41, 5.74) is 7.24. The number of nitrogens with one attached hydrogen (secondary N) is 2. The number of carbonyl (C=O) groups is 1. The van der Waals surface area contributed by atoms with Crippen molar-refractivity contribution in [3.8, 4) is 0 Å². The molecule has 0 radical (unpaired) electrons. The minimum Gasteiger partial charge on any atom is -0.299 e. The molecule has 0 unspecified atom stereocenters. The number of nitrogens with zero attached hydrogens (tertiary/aromatic N) is 1. The van der Waals surface area contributed by atoms with Crippen molar-refractivity contribution < 1.29 is 9.72 Å². The number of hydrazine groups is 1. The lowest BCUT2D eigenvalue weighted by Crippen LogP contribution is -2.31. The Morgan fingerprint density at radius 2 is 1.77 bits per heavy atom. The van der Waals surface area contributed by atoms with E-state index in [0.717, 1.165) is 6.42 Å². The Hall–Kier alpha value is -2.89. The molecule has 112 valence electrons. The van der Waals surface area contributed by atoms with Gasteiger partial charge in [0.1, 0.15) is 0 Å². The van der Waals surface area contributed by atoms with Gasteiger partial charge in [0.05, 0.1) is 10.6 Å². The topological polar surface area (TPSA) is 84.3 Å². The average molecular weight is 297 g/mol. The summed E-state index contributed by atoms with van der Waals surface area (Å²) >= 11 is 0. The zero-order chi connectivity index (χ0) is 15.5. The molecule has 1 aliphatic rings. The minimum absolute atomic E-state index is 0.0169. The average Bonchev–Trinajstić information content (AvgIpc) is 3.34. The van der Waals surface area contributed by atoms with Crippen LogP contribution in [0.5, 0.6) is 0 Å². The smallest absolute Gasteiger partial charge is 0.269 e. The summed E-state index contributed by atoms with van der Waals surface area (Å²) in [4.78, 5) is 22.2. The van der Waals surface area contributed by atoms with E-state index in [-0.39, 0.29) is 23.4 Å².